The highest BCUT2D eigenvalue weighted by Crippen LogP contribution is 2.24. The molecule has 0 saturated heterocycles. The van der Waals surface area contributed by atoms with E-state index in [0.29, 0.717) is 19.4 Å². The molecule has 1 saturated carbocycles. The van der Waals surface area contributed by atoms with E-state index in [1.165, 1.54) is 22.9 Å². The molecule has 1 heterocycles. The summed E-state index contributed by atoms with van der Waals surface area (Å²) in [7, 11) is 0. The Labute approximate surface area is 103 Å². The van der Waals surface area contributed by atoms with Crippen molar-refractivity contribution in [3.63, 3.8) is 0 Å². The molecule has 6 heteroatoms. The second kappa shape index (κ2) is 5.12. The largest absolute Gasteiger partial charge is 0.309 e. The van der Waals surface area contributed by atoms with E-state index >= 15 is 0 Å². The summed E-state index contributed by atoms with van der Waals surface area (Å²) in [5.41, 5.74) is -0.376. The van der Waals surface area contributed by atoms with Crippen molar-refractivity contribution in [1.29, 1.82) is 0 Å². The number of pyridine rings is 1. The Bertz CT molecular complexity index is 535. The predicted octanol–water partition coefficient (Wildman–Crippen LogP) is 1.52. The molecule has 2 rings (SSSR count). The minimum atomic E-state index is -0.531. The van der Waals surface area contributed by atoms with Gasteiger partial charge in [-0.3, -0.25) is 19.7 Å². The van der Waals surface area contributed by atoms with Crippen molar-refractivity contribution in [2.75, 3.05) is 0 Å². The standard InChI is InChI=1S/C12H14N2O4/c15-11-3-1-2-9(11)6-7-13-8-10(14(17)18)4-5-12(13)16/h4-5,8-9H,1-3,6-7H2. The van der Waals surface area contributed by atoms with Gasteiger partial charge < -0.3 is 4.57 Å². The number of nitro groups is 1. The van der Waals surface area contributed by atoms with Gasteiger partial charge in [-0.25, -0.2) is 0 Å². The van der Waals surface area contributed by atoms with E-state index in [0.717, 1.165) is 12.8 Å². The van der Waals surface area contributed by atoms with E-state index in [1.807, 2.05) is 0 Å². The lowest BCUT2D eigenvalue weighted by molar-refractivity contribution is -0.385. The number of ketones is 1. The highest BCUT2D eigenvalue weighted by Gasteiger charge is 2.24. The number of hydrogen-bond donors (Lipinski definition) is 0. The Morgan fingerprint density at radius 2 is 2.17 bits per heavy atom. The number of nitrogens with zero attached hydrogens (tertiary/aromatic N) is 2. The zero-order valence-corrected chi connectivity index (χ0v) is 9.87. The first-order valence-corrected chi connectivity index (χ1v) is 5.95. The van der Waals surface area contributed by atoms with Crippen molar-refractivity contribution in [1.82, 2.24) is 4.57 Å². The molecule has 18 heavy (non-hydrogen) atoms. The van der Waals surface area contributed by atoms with E-state index < -0.39 is 4.92 Å². The molecule has 96 valence electrons. The summed E-state index contributed by atoms with van der Waals surface area (Å²) in [6.45, 7) is 0.358. The van der Waals surface area contributed by atoms with Crippen LogP contribution in [0.15, 0.2) is 23.1 Å². The number of aromatic nitrogens is 1. The molecular formula is C12H14N2O4. The van der Waals surface area contributed by atoms with Crippen LogP contribution in [0.1, 0.15) is 25.7 Å². The lowest BCUT2D eigenvalue weighted by atomic mass is 10.0. The number of rotatable bonds is 4. The summed E-state index contributed by atoms with van der Waals surface area (Å²) in [6.07, 6.45) is 4.21. The number of aryl methyl sites for hydroxylation is 1. The first-order chi connectivity index (χ1) is 8.58. The van der Waals surface area contributed by atoms with Gasteiger partial charge in [0.05, 0.1) is 11.1 Å². The third-order valence-corrected chi connectivity index (χ3v) is 3.33. The molecule has 1 aliphatic rings. The summed E-state index contributed by atoms with van der Waals surface area (Å²) in [5, 5.41) is 10.6. The predicted molar refractivity (Wildman–Crippen MR) is 64.3 cm³/mol. The Kier molecular flexibility index (Phi) is 3.55. The molecule has 0 N–H and O–H groups in total. The molecule has 0 amide bonds. The van der Waals surface area contributed by atoms with Gasteiger partial charge in [-0.2, -0.15) is 0 Å². The average molecular weight is 250 g/mol. The van der Waals surface area contributed by atoms with E-state index in [4.69, 9.17) is 0 Å². The van der Waals surface area contributed by atoms with Crippen LogP contribution in [0.2, 0.25) is 0 Å². The number of Topliss-reactive ketones (excluding diaryl/α,β-unsaturated/α-hetero) is 1. The molecule has 1 aromatic rings. The highest BCUT2D eigenvalue weighted by molar-refractivity contribution is 5.82. The lowest BCUT2D eigenvalue weighted by Gasteiger charge is -2.09. The minimum absolute atomic E-state index is 0.0103. The van der Waals surface area contributed by atoms with Crippen LogP contribution in [0.4, 0.5) is 5.69 Å². The Morgan fingerprint density at radius 1 is 1.39 bits per heavy atom. The highest BCUT2D eigenvalue weighted by atomic mass is 16.6. The molecule has 0 aromatic carbocycles. The van der Waals surface area contributed by atoms with Crippen molar-refractivity contribution in [3.8, 4) is 0 Å². The van der Waals surface area contributed by atoms with Gasteiger partial charge >= 0.3 is 0 Å². The van der Waals surface area contributed by atoms with Crippen LogP contribution >= 0.6 is 0 Å². The van der Waals surface area contributed by atoms with E-state index in [-0.39, 0.29) is 22.9 Å². The van der Waals surface area contributed by atoms with Crippen LogP contribution in [-0.2, 0) is 11.3 Å². The number of hydrogen-bond acceptors (Lipinski definition) is 4. The van der Waals surface area contributed by atoms with Gasteiger partial charge in [-0.1, -0.05) is 0 Å². The Morgan fingerprint density at radius 3 is 2.78 bits per heavy atom. The fourth-order valence-corrected chi connectivity index (χ4v) is 2.29. The fraction of sp³-hybridized carbons (Fsp3) is 0.500. The summed E-state index contributed by atoms with van der Waals surface area (Å²) in [4.78, 5) is 33.1. The van der Waals surface area contributed by atoms with Gasteiger partial charge in [0.25, 0.3) is 11.2 Å². The molecule has 1 atom stereocenters. The molecule has 1 aromatic heterocycles. The number of carbonyl (C=O) groups excluding carboxylic acids is 1. The summed E-state index contributed by atoms with van der Waals surface area (Å²) in [5.74, 6) is 0.254. The molecule has 0 bridgehead atoms. The molecular weight excluding hydrogens is 236 g/mol. The maximum atomic E-state index is 11.5. The Balaban J connectivity index is 2.08. The summed E-state index contributed by atoms with van der Waals surface area (Å²) >= 11 is 0. The number of carbonyl (C=O) groups is 1. The Hall–Kier alpha value is -1.98. The molecule has 0 radical (unpaired) electrons. The van der Waals surface area contributed by atoms with Crippen molar-refractivity contribution < 1.29 is 9.72 Å². The van der Waals surface area contributed by atoms with Crippen molar-refractivity contribution in [2.45, 2.75) is 32.2 Å². The van der Waals surface area contributed by atoms with Gasteiger partial charge in [0.15, 0.2) is 0 Å². The quantitative estimate of drug-likeness (QED) is 0.599. The second-order valence-corrected chi connectivity index (χ2v) is 4.52. The first-order valence-electron chi connectivity index (χ1n) is 5.95. The third-order valence-electron chi connectivity index (χ3n) is 3.33. The van der Waals surface area contributed by atoms with Crippen LogP contribution in [0, 0.1) is 16.0 Å². The fourth-order valence-electron chi connectivity index (χ4n) is 2.29. The van der Waals surface area contributed by atoms with Crippen LogP contribution in [0.25, 0.3) is 0 Å². The van der Waals surface area contributed by atoms with Gasteiger partial charge in [-0.15, -0.1) is 0 Å². The maximum absolute atomic E-state index is 11.5. The van der Waals surface area contributed by atoms with Gasteiger partial charge in [-0.05, 0) is 19.3 Å². The van der Waals surface area contributed by atoms with Gasteiger partial charge in [0.1, 0.15) is 5.78 Å². The van der Waals surface area contributed by atoms with Crippen LogP contribution < -0.4 is 5.56 Å². The van der Waals surface area contributed by atoms with E-state index in [9.17, 15) is 19.7 Å². The van der Waals surface area contributed by atoms with Crippen LogP contribution in [0.5, 0.6) is 0 Å². The third kappa shape index (κ3) is 2.64. The molecule has 1 unspecified atom stereocenters. The van der Waals surface area contributed by atoms with Crippen LogP contribution in [-0.4, -0.2) is 15.3 Å². The van der Waals surface area contributed by atoms with Crippen molar-refractivity contribution >= 4 is 11.5 Å². The average Bonchev–Trinajstić information content (AvgIpc) is 2.73. The molecule has 0 spiro atoms. The lowest BCUT2D eigenvalue weighted by Crippen LogP contribution is -2.21. The monoisotopic (exact) mass is 250 g/mol. The molecule has 6 nitrogen and oxygen atoms in total. The maximum Gasteiger partial charge on any atom is 0.285 e. The van der Waals surface area contributed by atoms with E-state index in [1.54, 1.807) is 0 Å². The van der Waals surface area contributed by atoms with Crippen LogP contribution in [0.3, 0.4) is 0 Å². The summed E-state index contributed by atoms with van der Waals surface area (Å²) in [6, 6.07) is 2.38. The summed E-state index contributed by atoms with van der Waals surface area (Å²) < 4.78 is 1.31. The SMILES string of the molecule is O=C1CCCC1CCn1cc([N+](=O)[O-])ccc1=O. The second-order valence-electron chi connectivity index (χ2n) is 4.52. The normalized spacial score (nSPS) is 19.1. The molecule has 0 aliphatic heterocycles. The minimum Gasteiger partial charge on any atom is -0.309 e. The van der Waals surface area contributed by atoms with Crippen molar-refractivity contribution in [2.24, 2.45) is 5.92 Å². The molecule has 1 fully saturated rings. The van der Waals surface area contributed by atoms with Crippen molar-refractivity contribution in [3.05, 3.63) is 38.8 Å². The molecule has 1 aliphatic carbocycles. The topological polar surface area (TPSA) is 82.2 Å². The van der Waals surface area contributed by atoms with Gasteiger partial charge in [0.2, 0.25) is 0 Å². The van der Waals surface area contributed by atoms with E-state index in [2.05, 4.69) is 0 Å². The zero-order chi connectivity index (χ0) is 13.1. The van der Waals surface area contributed by atoms with Gasteiger partial charge in [0, 0.05) is 31.0 Å². The zero-order valence-electron chi connectivity index (χ0n) is 9.87. The first kappa shape index (κ1) is 12.5. The smallest absolute Gasteiger partial charge is 0.285 e.